The van der Waals surface area contributed by atoms with Crippen LogP contribution in [0.3, 0.4) is 0 Å². The zero-order valence-corrected chi connectivity index (χ0v) is 20.1. The second-order valence-corrected chi connectivity index (χ2v) is 7.80. The maximum atomic E-state index is 12.7. The quantitative estimate of drug-likeness (QED) is 0.152. The first kappa shape index (κ1) is 27.4. The largest absolute Gasteiger partial charge is 0.497 e. The molecule has 35 heavy (non-hydrogen) atoms. The lowest BCUT2D eigenvalue weighted by atomic mass is 9.94. The molecular formula is C26H32N2O7. The molecule has 0 unspecified atom stereocenters. The monoisotopic (exact) mass is 484 g/mol. The number of benzene rings is 2. The number of amides is 2. The number of allylic oxidation sites excluding steroid dienone is 3. The van der Waals surface area contributed by atoms with E-state index in [4.69, 9.17) is 24.5 Å². The Balaban J connectivity index is 2.15. The number of nitrogens with one attached hydrogen (secondary N) is 2. The Morgan fingerprint density at radius 3 is 2.31 bits per heavy atom. The van der Waals surface area contributed by atoms with Crippen LogP contribution in [-0.4, -0.2) is 42.6 Å². The Bertz CT molecular complexity index is 1000. The minimum Gasteiger partial charge on any atom is -0.497 e. The lowest BCUT2D eigenvalue weighted by Gasteiger charge is -2.24. The van der Waals surface area contributed by atoms with Crippen LogP contribution in [-0.2, 0) is 9.53 Å². The lowest BCUT2D eigenvalue weighted by molar-refractivity contribution is -0.124. The van der Waals surface area contributed by atoms with Gasteiger partial charge in [0.15, 0.2) is 0 Å². The van der Waals surface area contributed by atoms with Gasteiger partial charge in [-0.05, 0) is 60.9 Å². The van der Waals surface area contributed by atoms with Crippen molar-refractivity contribution in [1.29, 1.82) is 0 Å². The van der Waals surface area contributed by atoms with Crippen molar-refractivity contribution < 1.29 is 34.1 Å². The Hall–Kier alpha value is -3.82. The zero-order valence-electron chi connectivity index (χ0n) is 20.1. The van der Waals surface area contributed by atoms with E-state index in [0.29, 0.717) is 29.2 Å². The van der Waals surface area contributed by atoms with E-state index in [1.54, 1.807) is 62.0 Å². The molecule has 0 spiro atoms. The molecule has 0 aliphatic carbocycles. The first-order valence-electron chi connectivity index (χ1n) is 11.1. The molecule has 2 amide bonds. The van der Waals surface area contributed by atoms with Gasteiger partial charge in [-0.1, -0.05) is 31.2 Å². The predicted molar refractivity (Wildman–Crippen MR) is 131 cm³/mol. The van der Waals surface area contributed by atoms with Crippen LogP contribution in [0.25, 0.3) is 0 Å². The van der Waals surface area contributed by atoms with Crippen molar-refractivity contribution in [3.8, 4) is 11.5 Å². The van der Waals surface area contributed by atoms with E-state index in [2.05, 4.69) is 5.32 Å². The highest BCUT2D eigenvalue weighted by molar-refractivity contribution is 5.87. The molecule has 0 aromatic heterocycles. The molecule has 0 bridgehead atoms. The van der Waals surface area contributed by atoms with Crippen LogP contribution in [0.5, 0.6) is 11.5 Å². The summed E-state index contributed by atoms with van der Waals surface area (Å²) in [6.07, 6.45) is 4.27. The predicted octanol–water partition coefficient (Wildman–Crippen LogP) is 4.39. The summed E-state index contributed by atoms with van der Waals surface area (Å²) in [4.78, 5) is 23.9. The van der Waals surface area contributed by atoms with Crippen molar-refractivity contribution in [1.82, 2.24) is 5.48 Å². The van der Waals surface area contributed by atoms with Gasteiger partial charge < -0.3 is 19.3 Å². The van der Waals surface area contributed by atoms with Gasteiger partial charge in [-0.2, -0.15) is 0 Å². The number of anilines is 1. The zero-order chi connectivity index (χ0) is 25.6. The summed E-state index contributed by atoms with van der Waals surface area (Å²) >= 11 is 0. The first-order chi connectivity index (χ1) is 16.9. The van der Waals surface area contributed by atoms with E-state index in [-0.39, 0.29) is 19.1 Å². The van der Waals surface area contributed by atoms with Crippen LogP contribution in [0.1, 0.15) is 31.9 Å². The molecule has 0 fully saturated rings. The van der Waals surface area contributed by atoms with E-state index in [0.717, 1.165) is 5.56 Å². The van der Waals surface area contributed by atoms with Gasteiger partial charge in [0, 0.05) is 17.7 Å². The molecule has 9 nitrogen and oxygen atoms in total. The number of aliphatic hydroxyl groups is 1. The van der Waals surface area contributed by atoms with E-state index in [1.807, 2.05) is 25.1 Å². The first-order valence-corrected chi connectivity index (χ1v) is 11.1. The van der Waals surface area contributed by atoms with Crippen LogP contribution in [0.4, 0.5) is 10.5 Å². The van der Waals surface area contributed by atoms with Gasteiger partial charge in [-0.25, -0.2) is 10.3 Å². The van der Waals surface area contributed by atoms with Crippen molar-refractivity contribution in [2.45, 2.75) is 26.4 Å². The maximum Gasteiger partial charge on any atom is 0.412 e. The SMILES string of the molecule is COc1ccc(NC(=O)O[C@@H](c2ccc(OCCO)cc2)[C@@H](C)C/C=C/C(C)=C/C(=O)NO)cc1. The van der Waals surface area contributed by atoms with Crippen LogP contribution < -0.4 is 20.3 Å². The number of aliphatic hydroxyl groups excluding tert-OH is 1. The van der Waals surface area contributed by atoms with E-state index in [9.17, 15) is 9.59 Å². The highest BCUT2D eigenvalue weighted by Gasteiger charge is 2.23. The molecule has 4 N–H and O–H groups in total. The van der Waals surface area contributed by atoms with Crippen molar-refractivity contribution in [3.63, 3.8) is 0 Å². The summed E-state index contributed by atoms with van der Waals surface area (Å²) < 4.78 is 16.4. The molecular weight excluding hydrogens is 452 g/mol. The van der Waals surface area contributed by atoms with E-state index >= 15 is 0 Å². The summed E-state index contributed by atoms with van der Waals surface area (Å²) in [5, 5.41) is 20.3. The average molecular weight is 485 g/mol. The molecule has 2 atom stereocenters. The highest BCUT2D eigenvalue weighted by atomic mass is 16.6. The molecule has 2 rings (SSSR count). The Labute approximate surface area is 205 Å². The van der Waals surface area contributed by atoms with E-state index in [1.165, 1.54) is 6.08 Å². The van der Waals surface area contributed by atoms with Gasteiger partial charge in [-0.15, -0.1) is 0 Å². The number of methoxy groups -OCH3 is 1. The summed E-state index contributed by atoms with van der Waals surface area (Å²) in [6.45, 7) is 3.78. The van der Waals surface area contributed by atoms with Crippen LogP contribution >= 0.6 is 0 Å². The highest BCUT2D eigenvalue weighted by Crippen LogP contribution is 2.31. The standard InChI is InChI=1S/C26H32N2O7/c1-18(17-24(30)28-32)5-4-6-19(2)25(20-7-11-23(12-8-20)34-16-15-29)35-26(31)27-21-9-13-22(33-3)14-10-21/h4-5,7-14,17,19,25,29,32H,6,15-16H2,1-3H3,(H,27,31)(H,28,30)/b5-4+,18-17+/t19-,25+/m0/s1. The van der Waals surface area contributed by atoms with Crippen molar-refractivity contribution in [3.05, 3.63) is 77.9 Å². The maximum absolute atomic E-state index is 12.7. The summed E-state index contributed by atoms with van der Waals surface area (Å²) in [5.41, 5.74) is 3.56. The van der Waals surface area contributed by atoms with Gasteiger partial charge in [0.05, 0.1) is 13.7 Å². The number of hydrogen-bond donors (Lipinski definition) is 4. The minimum absolute atomic E-state index is 0.0871. The third kappa shape index (κ3) is 9.52. The topological polar surface area (TPSA) is 126 Å². The van der Waals surface area contributed by atoms with Gasteiger partial charge in [0.2, 0.25) is 0 Å². The smallest absolute Gasteiger partial charge is 0.412 e. The molecule has 9 heteroatoms. The summed E-state index contributed by atoms with van der Waals surface area (Å²) in [6, 6.07) is 14.0. The third-order valence-corrected chi connectivity index (χ3v) is 5.01. The molecule has 0 saturated carbocycles. The molecule has 0 aliphatic heterocycles. The third-order valence-electron chi connectivity index (χ3n) is 5.01. The molecule has 0 saturated heterocycles. The number of hydroxylamine groups is 1. The second kappa shape index (κ2) is 14.4. The van der Waals surface area contributed by atoms with Gasteiger partial charge >= 0.3 is 6.09 Å². The van der Waals surface area contributed by atoms with Crippen LogP contribution in [0, 0.1) is 5.92 Å². The molecule has 0 radical (unpaired) electrons. The average Bonchev–Trinajstić information content (AvgIpc) is 2.86. The summed E-state index contributed by atoms with van der Waals surface area (Å²) in [5.74, 6) is 0.544. The molecule has 0 heterocycles. The van der Waals surface area contributed by atoms with Gasteiger partial charge in [0.25, 0.3) is 5.91 Å². The van der Waals surface area contributed by atoms with Crippen molar-refractivity contribution >= 4 is 17.7 Å². The fourth-order valence-electron chi connectivity index (χ4n) is 3.25. The number of hydrogen-bond acceptors (Lipinski definition) is 7. The fourth-order valence-corrected chi connectivity index (χ4v) is 3.25. The Morgan fingerprint density at radius 1 is 1.06 bits per heavy atom. The minimum atomic E-state index is -0.611. The number of rotatable bonds is 12. The Kier molecular flexibility index (Phi) is 11.3. The normalized spacial score (nSPS) is 13.1. The van der Waals surface area contributed by atoms with Gasteiger partial charge in [-0.3, -0.25) is 15.3 Å². The van der Waals surface area contributed by atoms with Gasteiger partial charge in [0.1, 0.15) is 24.2 Å². The number of carbonyl (C=O) groups is 2. The lowest BCUT2D eigenvalue weighted by Crippen LogP contribution is -2.21. The van der Waals surface area contributed by atoms with Crippen molar-refractivity contribution in [2.24, 2.45) is 5.92 Å². The Morgan fingerprint density at radius 2 is 1.71 bits per heavy atom. The van der Waals surface area contributed by atoms with Crippen LogP contribution in [0.2, 0.25) is 0 Å². The van der Waals surface area contributed by atoms with E-state index < -0.39 is 18.1 Å². The summed E-state index contributed by atoms with van der Waals surface area (Å²) in [7, 11) is 1.57. The fraction of sp³-hybridized carbons (Fsp3) is 0.308. The molecule has 2 aromatic carbocycles. The molecule has 0 aliphatic rings. The molecule has 2 aromatic rings. The van der Waals surface area contributed by atoms with Crippen molar-refractivity contribution in [2.75, 3.05) is 25.6 Å². The van der Waals surface area contributed by atoms with Crippen LogP contribution in [0.15, 0.2) is 72.3 Å². The molecule has 188 valence electrons. The second-order valence-electron chi connectivity index (χ2n) is 7.80. The number of ether oxygens (including phenoxy) is 3. The number of carbonyl (C=O) groups excluding carboxylic acids is 2.